The number of phenols is 1. The van der Waals surface area contributed by atoms with Crippen molar-refractivity contribution >= 4 is 22.9 Å². The highest BCUT2D eigenvalue weighted by molar-refractivity contribution is 5.87. The number of carbonyl (C=O) groups is 1. The minimum Gasteiger partial charge on any atom is -0.507 e. The van der Waals surface area contributed by atoms with Crippen LogP contribution in [0.1, 0.15) is 21.6 Å². The van der Waals surface area contributed by atoms with Gasteiger partial charge in [-0.15, -0.1) is 0 Å². The largest absolute Gasteiger partial charge is 0.507 e. The molecule has 142 valence electrons. The third kappa shape index (κ3) is 3.68. The number of para-hydroxylation sites is 1. The average molecular weight is 384 g/mol. The van der Waals surface area contributed by atoms with E-state index < -0.39 is 4.92 Å². The van der Waals surface area contributed by atoms with Crippen LogP contribution in [0.3, 0.4) is 0 Å². The van der Waals surface area contributed by atoms with E-state index >= 15 is 0 Å². The molecule has 29 heavy (non-hydrogen) atoms. The SMILES string of the molecule is O=Cc1cc(Cc2ccc3ccccc3n2)cc(-c2cccc([N+](=O)[O-])c2)c1O. The Morgan fingerprint density at radius 1 is 1.00 bits per heavy atom. The minimum atomic E-state index is -0.496. The quantitative estimate of drug-likeness (QED) is 0.299. The van der Waals surface area contributed by atoms with Gasteiger partial charge in [0, 0.05) is 35.2 Å². The lowest BCUT2D eigenvalue weighted by atomic mass is 9.96. The Balaban J connectivity index is 1.78. The molecule has 4 rings (SSSR count). The van der Waals surface area contributed by atoms with Crippen LogP contribution in [0.2, 0.25) is 0 Å². The van der Waals surface area contributed by atoms with E-state index in [1.165, 1.54) is 12.1 Å². The van der Waals surface area contributed by atoms with Gasteiger partial charge in [0.05, 0.1) is 16.0 Å². The average Bonchev–Trinajstić information content (AvgIpc) is 2.74. The molecule has 0 atom stereocenters. The molecule has 0 radical (unpaired) electrons. The Hall–Kier alpha value is -4.06. The van der Waals surface area contributed by atoms with Crippen LogP contribution in [0, 0.1) is 10.1 Å². The maximum atomic E-state index is 11.5. The van der Waals surface area contributed by atoms with E-state index in [1.807, 2.05) is 36.4 Å². The van der Waals surface area contributed by atoms with Crippen LogP contribution < -0.4 is 0 Å². The second-order valence-corrected chi connectivity index (χ2v) is 6.68. The van der Waals surface area contributed by atoms with Gasteiger partial charge in [-0.1, -0.05) is 36.4 Å². The van der Waals surface area contributed by atoms with Crippen molar-refractivity contribution in [2.24, 2.45) is 0 Å². The van der Waals surface area contributed by atoms with Crippen LogP contribution in [0.5, 0.6) is 5.75 Å². The number of nitrogens with zero attached hydrogens (tertiary/aromatic N) is 2. The zero-order valence-electron chi connectivity index (χ0n) is 15.3. The van der Waals surface area contributed by atoms with Crippen LogP contribution in [-0.4, -0.2) is 21.3 Å². The number of aromatic hydroxyl groups is 1. The Bertz CT molecular complexity index is 1250. The molecule has 0 spiro atoms. The molecule has 3 aromatic carbocycles. The number of rotatable bonds is 5. The molecule has 0 aliphatic carbocycles. The van der Waals surface area contributed by atoms with Crippen molar-refractivity contribution in [1.29, 1.82) is 0 Å². The maximum absolute atomic E-state index is 11.5. The van der Waals surface area contributed by atoms with Gasteiger partial charge in [0.2, 0.25) is 0 Å². The van der Waals surface area contributed by atoms with Crippen molar-refractivity contribution in [2.75, 3.05) is 0 Å². The van der Waals surface area contributed by atoms with Crippen molar-refractivity contribution in [1.82, 2.24) is 4.98 Å². The lowest BCUT2D eigenvalue weighted by Crippen LogP contribution is -1.96. The fourth-order valence-corrected chi connectivity index (χ4v) is 3.33. The number of non-ortho nitro benzene ring substituents is 1. The Labute approximate surface area is 166 Å². The first-order valence-electron chi connectivity index (χ1n) is 8.96. The number of phenolic OH excluding ortho intramolecular Hbond substituents is 1. The van der Waals surface area contributed by atoms with Crippen LogP contribution in [0.15, 0.2) is 72.8 Å². The number of nitro groups is 1. The molecule has 0 amide bonds. The zero-order chi connectivity index (χ0) is 20.4. The molecule has 1 aromatic heterocycles. The second kappa shape index (κ2) is 7.52. The minimum absolute atomic E-state index is 0.0869. The third-order valence-electron chi connectivity index (χ3n) is 4.74. The summed E-state index contributed by atoms with van der Waals surface area (Å²) >= 11 is 0. The highest BCUT2D eigenvalue weighted by atomic mass is 16.6. The van der Waals surface area contributed by atoms with Crippen molar-refractivity contribution in [3.63, 3.8) is 0 Å². The lowest BCUT2D eigenvalue weighted by Gasteiger charge is -2.11. The summed E-state index contributed by atoms with van der Waals surface area (Å²) in [6.07, 6.45) is 1.03. The fraction of sp³-hybridized carbons (Fsp3) is 0.0435. The summed E-state index contributed by atoms with van der Waals surface area (Å²) in [7, 11) is 0. The third-order valence-corrected chi connectivity index (χ3v) is 4.74. The Morgan fingerprint density at radius 3 is 2.62 bits per heavy atom. The number of aromatic nitrogens is 1. The summed E-state index contributed by atoms with van der Waals surface area (Å²) < 4.78 is 0. The van der Waals surface area contributed by atoms with Gasteiger partial charge in [-0.3, -0.25) is 19.9 Å². The van der Waals surface area contributed by atoms with Gasteiger partial charge >= 0.3 is 0 Å². The Kier molecular flexibility index (Phi) is 4.75. The molecule has 6 nitrogen and oxygen atoms in total. The lowest BCUT2D eigenvalue weighted by molar-refractivity contribution is -0.384. The van der Waals surface area contributed by atoms with E-state index in [0.717, 1.165) is 22.2 Å². The molecule has 0 aliphatic rings. The first-order chi connectivity index (χ1) is 14.0. The molecule has 1 N–H and O–H groups in total. The van der Waals surface area contributed by atoms with Crippen LogP contribution in [-0.2, 0) is 6.42 Å². The van der Waals surface area contributed by atoms with Gasteiger partial charge in [-0.25, -0.2) is 0 Å². The van der Waals surface area contributed by atoms with Crippen molar-refractivity contribution in [3.05, 3.63) is 99.7 Å². The molecular weight excluding hydrogens is 368 g/mol. The molecule has 0 fully saturated rings. The standard InChI is InChI=1S/C23H16N2O4/c26-14-18-10-15(11-19-9-8-16-4-1-2-7-22(16)24-19)12-21(23(18)27)17-5-3-6-20(13-17)25(28)29/h1-10,12-14,27H,11H2. The van der Waals surface area contributed by atoms with E-state index in [1.54, 1.807) is 24.3 Å². The van der Waals surface area contributed by atoms with Crippen molar-refractivity contribution in [3.8, 4) is 16.9 Å². The van der Waals surface area contributed by atoms with E-state index in [2.05, 4.69) is 4.98 Å². The van der Waals surface area contributed by atoms with E-state index in [4.69, 9.17) is 0 Å². The van der Waals surface area contributed by atoms with Gasteiger partial charge in [-0.05, 0) is 35.4 Å². The zero-order valence-corrected chi connectivity index (χ0v) is 15.3. The molecule has 6 heteroatoms. The van der Waals surface area contributed by atoms with Crippen LogP contribution in [0.4, 0.5) is 5.69 Å². The molecule has 0 unspecified atom stereocenters. The van der Waals surface area contributed by atoms with Crippen LogP contribution in [0.25, 0.3) is 22.0 Å². The van der Waals surface area contributed by atoms with Gasteiger partial charge in [-0.2, -0.15) is 0 Å². The summed E-state index contributed by atoms with van der Waals surface area (Å²) in [5.41, 5.74) is 3.34. The summed E-state index contributed by atoms with van der Waals surface area (Å²) in [6.45, 7) is 0. The molecule has 1 heterocycles. The predicted molar refractivity (Wildman–Crippen MR) is 110 cm³/mol. The molecular formula is C23H16N2O4. The van der Waals surface area contributed by atoms with Gasteiger partial charge < -0.3 is 5.11 Å². The number of benzene rings is 3. The topological polar surface area (TPSA) is 93.3 Å². The normalized spacial score (nSPS) is 10.8. The Morgan fingerprint density at radius 2 is 1.83 bits per heavy atom. The number of hydrogen-bond donors (Lipinski definition) is 1. The van der Waals surface area contributed by atoms with Crippen molar-refractivity contribution < 1.29 is 14.8 Å². The van der Waals surface area contributed by atoms with Gasteiger partial charge in [0.25, 0.3) is 5.69 Å². The van der Waals surface area contributed by atoms with Crippen molar-refractivity contribution in [2.45, 2.75) is 6.42 Å². The predicted octanol–water partition coefficient (Wildman–Crippen LogP) is 4.92. The highest BCUT2D eigenvalue weighted by Crippen LogP contribution is 2.35. The summed E-state index contributed by atoms with van der Waals surface area (Å²) in [5.74, 6) is -0.198. The number of nitro benzene ring substituents is 1. The maximum Gasteiger partial charge on any atom is 0.270 e. The summed E-state index contributed by atoms with van der Waals surface area (Å²) in [6, 6.07) is 21.0. The van der Waals surface area contributed by atoms with Crippen LogP contribution >= 0.6 is 0 Å². The molecule has 0 bridgehead atoms. The summed E-state index contributed by atoms with van der Waals surface area (Å²) in [4.78, 5) is 26.7. The smallest absolute Gasteiger partial charge is 0.270 e. The van der Waals surface area contributed by atoms with E-state index in [-0.39, 0.29) is 17.0 Å². The van der Waals surface area contributed by atoms with E-state index in [0.29, 0.717) is 23.8 Å². The van der Waals surface area contributed by atoms with Gasteiger partial charge in [0.15, 0.2) is 6.29 Å². The highest BCUT2D eigenvalue weighted by Gasteiger charge is 2.15. The fourth-order valence-electron chi connectivity index (χ4n) is 3.33. The number of fused-ring (bicyclic) bond motifs is 1. The monoisotopic (exact) mass is 384 g/mol. The molecule has 0 aliphatic heterocycles. The number of hydrogen-bond acceptors (Lipinski definition) is 5. The number of carbonyl (C=O) groups excluding carboxylic acids is 1. The first kappa shape index (κ1) is 18.3. The second-order valence-electron chi connectivity index (χ2n) is 6.68. The van der Waals surface area contributed by atoms with Gasteiger partial charge in [0.1, 0.15) is 5.75 Å². The molecule has 4 aromatic rings. The number of aldehydes is 1. The first-order valence-corrected chi connectivity index (χ1v) is 8.96. The van der Waals surface area contributed by atoms with E-state index in [9.17, 15) is 20.0 Å². The molecule has 0 saturated heterocycles. The molecule has 0 saturated carbocycles. The number of pyridine rings is 1. The summed E-state index contributed by atoms with van der Waals surface area (Å²) in [5, 5.41) is 22.6.